The summed E-state index contributed by atoms with van der Waals surface area (Å²) < 4.78 is 5.52. The fourth-order valence-electron chi connectivity index (χ4n) is 1.63. The largest absolute Gasteiger partial charge is 0.379 e. The molecule has 0 spiro atoms. The molecule has 1 aromatic rings. The summed E-state index contributed by atoms with van der Waals surface area (Å²) in [4.78, 5) is 2.33. The molecule has 0 heterocycles. The molecule has 0 fully saturated rings. The van der Waals surface area contributed by atoms with Gasteiger partial charge in [-0.05, 0) is 32.9 Å². The van der Waals surface area contributed by atoms with E-state index >= 15 is 0 Å². The first kappa shape index (κ1) is 13.2. The second-order valence-electron chi connectivity index (χ2n) is 4.50. The fourth-order valence-corrected chi connectivity index (χ4v) is 1.63. The van der Waals surface area contributed by atoms with Crippen LogP contribution >= 0.6 is 0 Å². The molecule has 90 valence electrons. The lowest BCUT2D eigenvalue weighted by molar-refractivity contribution is 0.0717. The van der Waals surface area contributed by atoms with Crippen LogP contribution in [0.15, 0.2) is 30.3 Å². The molecule has 1 aromatic carbocycles. The van der Waals surface area contributed by atoms with Crippen molar-refractivity contribution >= 4 is 0 Å². The lowest BCUT2D eigenvalue weighted by Crippen LogP contribution is -2.20. The Kier molecular flexibility index (Phi) is 6.12. The molecule has 0 saturated carbocycles. The van der Waals surface area contributed by atoms with Gasteiger partial charge in [-0.3, -0.25) is 0 Å². The maximum atomic E-state index is 5.52. The van der Waals surface area contributed by atoms with Crippen molar-refractivity contribution < 1.29 is 4.74 Å². The van der Waals surface area contributed by atoms with Gasteiger partial charge in [0.25, 0.3) is 0 Å². The van der Waals surface area contributed by atoms with E-state index in [1.165, 1.54) is 5.56 Å². The summed E-state index contributed by atoms with van der Waals surface area (Å²) in [5.74, 6) is 0. The highest BCUT2D eigenvalue weighted by Gasteiger charge is 2.00. The summed E-state index contributed by atoms with van der Waals surface area (Å²) in [5.41, 5.74) is 1.37. The molecule has 0 aromatic heterocycles. The van der Waals surface area contributed by atoms with E-state index < -0.39 is 0 Å². The van der Waals surface area contributed by atoms with Crippen LogP contribution in [0.2, 0.25) is 0 Å². The molecule has 0 N–H and O–H groups in total. The first-order chi connectivity index (χ1) is 7.68. The van der Waals surface area contributed by atoms with Crippen LogP contribution in [-0.4, -0.2) is 31.2 Å². The normalized spacial score (nSPS) is 11.3. The van der Waals surface area contributed by atoms with Gasteiger partial charge in [0.1, 0.15) is 0 Å². The van der Waals surface area contributed by atoms with Crippen LogP contribution in [0.3, 0.4) is 0 Å². The molecule has 0 amide bonds. The Hall–Kier alpha value is -0.860. The number of benzene rings is 1. The Morgan fingerprint density at radius 3 is 2.50 bits per heavy atom. The Balaban J connectivity index is 2.14. The number of ether oxygens (including phenoxy) is 1. The Bertz CT molecular complexity index is 271. The van der Waals surface area contributed by atoms with Gasteiger partial charge in [-0.25, -0.2) is 0 Å². The third-order valence-electron chi connectivity index (χ3n) is 2.43. The van der Waals surface area contributed by atoms with Crippen LogP contribution in [0.4, 0.5) is 0 Å². The molecule has 2 nitrogen and oxygen atoms in total. The zero-order valence-corrected chi connectivity index (χ0v) is 10.6. The Morgan fingerprint density at radius 2 is 1.88 bits per heavy atom. The SMILES string of the molecule is CC(C)OCCCN(C)Cc1ccccc1. The van der Waals surface area contributed by atoms with Gasteiger partial charge in [0.2, 0.25) is 0 Å². The third-order valence-corrected chi connectivity index (χ3v) is 2.43. The molecule has 0 unspecified atom stereocenters. The van der Waals surface area contributed by atoms with Crippen molar-refractivity contribution in [2.24, 2.45) is 0 Å². The quantitative estimate of drug-likeness (QED) is 0.656. The molecular formula is C14H23NO. The molecule has 0 aliphatic heterocycles. The third kappa shape index (κ3) is 5.89. The molecule has 0 aliphatic rings. The van der Waals surface area contributed by atoms with Crippen LogP contribution in [0.25, 0.3) is 0 Å². The monoisotopic (exact) mass is 221 g/mol. The van der Waals surface area contributed by atoms with Crippen molar-refractivity contribution in [1.82, 2.24) is 4.90 Å². The van der Waals surface area contributed by atoms with Crippen LogP contribution in [0.5, 0.6) is 0 Å². The van der Waals surface area contributed by atoms with Gasteiger partial charge < -0.3 is 9.64 Å². The molecule has 0 saturated heterocycles. The summed E-state index contributed by atoms with van der Waals surface area (Å²) >= 11 is 0. The molecule has 16 heavy (non-hydrogen) atoms. The van der Waals surface area contributed by atoms with Crippen LogP contribution in [-0.2, 0) is 11.3 Å². The van der Waals surface area contributed by atoms with E-state index in [1.54, 1.807) is 0 Å². The fraction of sp³-hybridized carbons (Fsp3) is 0.571. The van der Waals surface area contributed by atoms with Gasteiger partial charge in [0.05, 0.1) is 6.10 Å². The van der Waals surface area contributed by atoms with Gasteiger partial charge in [-0.15, -0.1) is 0 Å². The first-order valence-electron chi connectivity index (χ1n) is 6.02. The highest BCUT2D eigenvalue weighted by Crippen LogP contribution is 2.03. The minimum Gasteiger partial charge on any atom is -0.379 e. The number of nitrogens with zero attached hydrogens (tertiary/aromatic N) is 1. The topological polar surface area (TPSA) is 12.5 Å². The summed E-state index contributed by atoms with van der Waals surface area (Å²) in [6.07, 6.45) is 1.45. The predicted molar refractivity (Wildman–Crippen MR) is 68.5 cm³/mol. The second kappa shape index (κ2) is 7.42. The van der Waals surface area contributed by atoms with Crippen molar-refractivity contribution in [2.45, 2.75) is 32.9 Å². The van der Waals surface area contributed by atoms with Crippen LogP contribution in [0, 0.1) is 0 Å². The standard InChI is InChI=1S/C14H23NO/c1-13(2)16-11-7-10-15(3)12-14-8-5-4-6-9-14/h4-6,8-9,13H,7,10-12H2,1-3H3. The van der Waals surface area contributed by atoms with Gasteiger partial charge in [-0.2, -0.15) is 0 Å². The zero-order valence-electron chi connectivity index (χ0n) is 10.6. The second-order valence-corrected chi connectivity index (χ2v) is 4.50. The average Bonchev–Trinajstić information content (AvgIpc) is 2.25. The lowest BCUT2D eigenvalue weighted by Gasteiger charge is -2.17. The summed E-state index contributed by atoms with van der Waals surface area (Å²) in [7, 11) is 2.16. The van der Waals surface area contributed by atoms with E-state index in [-0.39, 0.29) is 0 Å². The molecule has 2 heteroatoms. The maximum absolute atomic E-state index is 5.52. The summed E-state index contributed by atoms with van der Waals surface area (Å²) in [6, 6.07) is 10.6. The van der Waals surface area contributed by atoms with Crippen molar-refractivity contribution in [1.29, 1.82) is 0 Å². The van der Waals surface area contributed by atoms with E-state index in [1.807, 2.05) is 0 Å². The minimum absolute atomic E-state index is 0.347. The number of hydrogen-bond acceptors (Lipinski definition) is 2. The summed E-state index contributed by atoms with van der Waals surface area (Å²) in [6.45, 7) is 7.11. The van der Waals surface area contributed by atoms with Crippen LogP contribution < -0.4 is 0 Å². The Morgan fingerprint density at radius 1 is 1.19 bits per heavy atom. The van der Waals surface area contributed by atoms with E-state index in [9.17, 15) is 0 Å². The van der Waals surface area contributed by atoms with Crippen molar-refractivity contribution in [3.8, 4) is 0 Å². The first-order valence-corrected chi connectivity index (χ1v) is 6.02. The van der Waals surface area contributed by atoms with E-state index in [0.717, 1.165) is 26.1 Å². The summed E-state index contributed by atoms with van der Waals surface area (Å²) in [5, 5.41) is 0. The predicted octanol–water partition coefficient (Wildman–Crippen LogP) is 2.93. The minimum atomic E-state index is 0.347. The average molecular weight is 221 g/mol. The molecular weight excluding hydrogens is 198 g/mol. The lowest BCUT2D eigenvalue weighted by atomic mass is 10.2. The van der Waals surface area contributed by atoms with Gasteiger partial charge in [0.15, 0.2) is 0 Å². The maximum Gasteiger partial charge on any atom is 0.0518 e. The van der Waals surface area contributed by atoms with Crippen molar-refractivity contribution in [2.75, 3.05) is 20.2 Å². The highest BCUT2D eigenvalue weighted by atomic mass is 16.5. The van der Waals surface area contributed by atoms with Crippen LogP contribution in [0.1, 0.15) is 25.8 Å². The van der Waals surface area contributed by atoms with E-state index in [4.69, 9.17) is 4.74 Å². The van der Waals surface area contributed by atoms with Gasteiger partial charge in [-0.1, -0.05) is 30.3 Å². The number of rotatable bonds is 7. The number of hydrogen-bond donors (Lipinski definition) is 0. The molecule has 1 rings (SSSR count). The highest BCUT2D eigenvalue weighted by molar-refractivity contribution is 5.14. The van der Waals surface area contributed by atoms with Gasteiger partial charge in [0, 0.05) is 19.7 Å². The smallest absolute Gasteiger partial charge is 0.0518 e. The van der Waals surface area contributed by atoms with E-state index in [0.29, 0.717) is 6.10 Å². The molecule has 0 aliphatic carbocycles. The van der Waals surface area contributed by atoms with Gasteiger partial charge >= 0.3 is 0 Å². The van der Waals surface area contributed by atoms with E-state index in [2.05, 4.69) is 56.1 Å². The molecule has 0 atom stereocenters. The zero-order chi connectivity index (χ0) is 11.8. The van der Waals surface area contributed by atoms with Crippen molar-refractivity contribution in [3.05, 3.63) is 35.9 Å². The van der Waals surface area contributed by atoms with Crippen molar-refractivity contribution in [3.63, 3.8) is 0 Å². The Labute approximate surface area is 99.2 Å². The molecule has 0 bridgehead atoms. The molecule has 0 radical (unpaired) electrons.